The average molecular weight is 319 g/mol. The molecule has 0 aromatic heterocycles. The Morgan fingerprint density at radius 1 is 0.667 bits per heavy atom. The molecule has 110 valence electrons. The maximum atomic E-state index is 3.55. The number of hydrogen-bond donors (Lipinski definition) is 0. The van der Waals surface area contributed by atoms with Crippen LogP contribution in [0, 0.1) is 5.92 Å². The zero-order chi connectivity index (χ0) is 13.5. The lowest BCUT2D eigenvalue weighted by atomic mass is 10.0. The summed E-state index contributed by atoms with van der Waals surface area (Å²) in [7, 11) is 0. The summed E-state index contributed by atoms with van der Waals surface area (Å²) in [6.45, 7) is 4.63. The summed E-state index contributed by atoms with van der Waals surface area (Å²) in [6.07, 6.45) is 18.9. The molecular formula is C17H35Br. The number of halogens is 1. The Balaban J connectivity index is 2.94. The zero-order valence-corrected chi connectivity index (χ0v) is 14.4. The third kappa shape index (κ3) is 14.5. The Morgan fingerprint density at radius 2 is 1.06 bits per heavy atom. The van der Waals surface area contributed by atoms with Crippen molar-refractivity contribution in [3.05, 3.63) is 0 Å². The predicted molar refractivity (Wildman–Crippen MR) is 88.7 cm³/mol. The number of hydrogen-bond acceptors (Lipinski definition) is 0. The van der Waals surface area contributed by atoms with E-state index in [0.717, 1.165) is 5.92 Å². The highest BCUT2D eigenvalue weighted by molar-refractivity contribution is 9.09. The number of unbranched alkanes of at least 4 members (excludes halogenated alkanes) is 11. The van der Waals surface area contributed by atoms with Crippen LogP contribution in [0.25, 0.3) is 0 Å². The molecule has 0 aliphatic heterocycles. The van der Waals surface area contributed by atoms with Crippen LogP contribution in [-0.4, -0.2) is 5.33 Å². The minimum atomic E-state index is 0.869. The van der Waals surface area contributed by atoms with Gasteiger partial charge in [-0.3, -0.25) is 0 Å². The molecule has 0 aromatic rings. The van der Waals surface area contributed by atoms with Crippen LogP contribution in [-0.2, 0) is 0 Å². The Hall–Kier alpha value is 0.480. The lowest BCUT2D eigenvalue weighted by molar-refractivity contribution is 0.508. The molecule has 0 amide bonds. The first-order chi connectivity index (χ1) is 8.81. The van der Waals surface area contributed by atoms with Crippen molar-refractivity contribution in [3.8, 4) is 0 Å². The molecule has 0 nitrogen and oxygen atoms in total. The van der Waals surface area contributed by atoms with Crippen LogP contribution >= 0.6 is 15.9 Å². The molecule has 0 spiro atoms. The highest BCUT2D eigenvalue weighted by atomic mass is 79.9. The number of rotatable bonds is 14. The standard InChI is InChI=1S/C17H35Br/c1-3-4-5-6-7-8-9-10-11-12-13-14-15-17(2)16-18/h17H,3-16H2,1-2H3. The van der Waals surface area contributed by atoms with Gasteiger partial charge in [0.1, 0.15) is 0 Å². The van der Waals surface area contributed by atoms with Crippen molar-refractivity contribution in [2.75, 3.05) is 5.33 Å². The molecule has 0 aromatic carbocycles. The summed E-state index contributed by atoms with van der Waals surface area (Å²) < 4.78 is 0. The molecule has 1 heteroatoms. The van der Waals surface area contributed by atoms with E-state index in [1.807, 2.05) is 0 Å². The molecule has 18 heavy (non-hydrogen) atoms. The average Bonchev–Trinajstić information content (AvgIpc) is 2.39. The van der Waals surface area contributed by atoms with Gasteiger partial charge in [-0.05, 0) is 12.3 Å². The van der Waals surface area contributed by atoms with Gasteiger partial charge >= 0.3 is 0 Å². The molecule has 0 aliphatic carbocycles. The van der Waals surface area contributed by atoms with Gasteiger partial charge in [0, 0.05) is 5.33 Å². The van der Waals surface area contributed by atoms with Gasteiger partial charge in [0.05, 0.1) is 0 Å². The van der Waals surface area contributed by atoms with E-state index in [1.165, 1.54) is 88.8 Å². The Bertz CT molecular complexity index is 145. The van der Waals surface area contributed by atoms with Crippen LogP contribution < -0.4 is 0 Å². The summed E-state index contributed by atoms with van der Waals surface area (Å²) in [5.41, 5.74) is 0. The first-order valence-corrected chi connectivity index (χ1v) is 9.49. The fourth-order valence-corrected chi connectivity index (χ4v) is 2.73. The van der Waals surface area contributed by atoms with Crippen molar-refractivity contribution in [1.82, 2.24) is 0 Å². The fourth-order valence-electron chi connectivity index (χ4n) is 2.41. The smallest absolute Gasteiger partial charge is 0.00570 e. The van der Waals surface area contributed by atoms with Gasteiger partial charge in [0.2, 0.25) is 0 Å². The molecule has 0 radical (unpaired) electrons. The third-order valence-corrected chi connectivity index (χ3v) is 4.92. The first-order valence-electron chi connectivity index (χ1n) is 8.37. The topological polar surface area (TPSA) is 0 Å². The lowest BCUT2D eigenvalue weighted by Crippen LogP contribution is -1.94. The van der Waals surface area contributed by atoms with Crippen LogP contribution in [0.4, 0.5) is 0 Å². The van der Waals surface area contributed by atoms with E-state index >= 15 is 0 Å². The van der Waals surface area contributed by atoms with Crippen molar-refractivity contribution in [2.45, 2.75) is 97.3 Å². The van der Waals surface area contributed by atoms with Crippen molar-refractivity contribution >= 4 is 15.9 Å². The summed E-state index contributed by atoms with van der Waals surface area (Å²) >= 11 is 3.55. The molecule has 0 bridgehead atoms. The molecule has 0 N–H and O–H groups in total. The molecule has 0 fully saturated rings. The van der Waals surface area contributed by atoms with Crippen LogP contribution in [0.5, 0.6) is 0 Å². The van der Waals surface area contributed by atoms with E-state index in [9.17, 15) is 0 Å². The fraction of sp³-hybridized carbons (Fsp3) is 1.00. The van der Waals surface area contributed by atoms with E-state index in [1.54, 1.807) is 0 Å². The summed E-state index contributed by atoms with van der Waals surface area (Å²) in [5.74, 6) is 0.869. The van der Waals surface area contributed by atoms with Crippen molar-refractivity contribution < 1.29 is 0 Å². The van der Waals surface area contributed by atoms with Gasteiger partial charge in [-0.1, -0.05) is 107 Å². The van der Waals surface area contributed by atoms with E-state index in [2.05, 4.69) is 29.8 Å². The van der Waals surface area contributed by atoms with Gasteiger partial charge in [-0.2, -0.15) is 0 Å². The van der Waals surface area contributed by atoms with Gasteiger partial charge in [0.25, 0.3) is 0 Å². The second-order valence-electron chi connectivity index (χ2n) is 5.94. The SMILES string of the molecule is CCCCCCCCCCCCCCC(C)CBr. The lowest BCUT2D eigenvalue weighted by Gasteiger charge is -2.06. The molecular weight excluding hydrogens is 284 g/mol. The van der Waals surface area contributed by atoms with Crippen LogP contribution in [0.1, 0.15) is 97.3 Å². The normalized spacial score (nSPS) is 12.8. The van der Waals surface area contributed by atoms with Crippen molar-refractivity contribution in [2.24, 2.45) is 5.92 Å². The van der Waals surface area contributed by atoms with Gasteiger partial charge in [0.15, 0.2) is 0 Å². The quantitative estimate of drug-likeness (QED) is 0.236. The van der Waals surface area contributed by atoms with Crippen molar-refractivity contribution in [1.29, 1.82) is 0 Å². The number of alkyl halides is 1. The Morgan fingerprint density at radius 3 is 1.44 bits per heavy atom. The first kappa shape index (κ1) is 18.5. The Labute approximate surface area is 124 Å². The van der Waals surface area contributed by atoms with Crippen molar-refractivity contribution in [3.63, 3.8) is 0 Å². The zero-order valence-electron chi connectivity index (χ0n) is 12.9. The van der Waals surface area contributed by atoms with Gasteiger partial charge < -0.3 is 0 Å². The van der Waals surface area contributed by atoms with E-state index in [-0.39, 0.29) is 0 Å². The largest absolute Gasteiger partial charge is 0.0925 e. The Kier molecular flexibility index (Phi) is 16.0. The minimum Gasteiger partial charge on any atom is -0.0925 e. The third-order valence-electron chi connectivity index (χ3n) is 3.81. The predicted octanol–water partition coefficient (Wildman–Crippen LogP) is 7.11. The highest BCUT2D eigenvalue weighted by Crippen LogP contribution is 2.15. The maximum absolute atomic E-state index is 3.55. The van der Waals surface area contributed by atoms with Crippen LogP contribution in [0.15, 0.2) is 0 Å². The van der Waals surface area contributed by atoms with Gasteiger partial charge in [-0.15, -0.1) is 0 Å². The second kappa shape index (κ2) is 15.5. The molecule has 1 unspecified atom stereocenters. The molecule has 1 atom stereocenters. The molecule has 0 saturated heterocycles. The van der Waals surface area contributed by atoms with Gasteiger partial charge in [-0.25, -0.2) is 0 Å². The second-order valence-corrected chi connectivity index (χ2v) is 6.58. The van der Waals surface area contributed by atoms with E-state index in [4.69, 9.17) is 0 Å². The minimum absolute atomic E-state index is 0.869. The molecule has 0 aliphatic rings. The van der Waals surface area contributed by atoms with E-state index < -0.39 is 0 Å². The molecule has 0 saturated carbocycles. The highest BCUT2D eigenvalue weighted by Gasteiger charge is 1.98. The van der Waals surface area contributed by atoms with Crippen LogP contribution in [0.3, 0.4) is 0 Å². The molecule has 0 rings (SSSR count). The summed E-state index contributed by atoms with van der Waals surface area (Å²) in [5, 5.41) is 1.17. The summed E-state index contributed by atoms with van der Waals surface area (Å²) in [6, 6.07) is 0. The molecule has 0 heterocycles. The van der Waals surface area contributed by atoms with Crippen LogP contribution in [0.2, 0.25) is 0 Å². The van der Waals surface area contributed by atoms with E-state index in [0.29, 0.717) is 0 Å². The monoisotopic (exact) mass is 318 g/mol. The summed E-state index contributed by atoms with van der Waals surface area (Å²) in [4.78, 5) is 0. The maximum Gasteiger partial charge on any atom is 0.00570 e.